The number of para-hydroxylation sites is 1. The zero-order chi connectivity index (χ0) is 20.6. The predicted molar refractivity (Wildman–Crippen MR) is 109 cm³/mol. The molecule has 0 saturated carbocycles. The molecule has 0 spiro atoms. The molecule has 0 saturated heterocycles. The second-order valence-corrected chi connectivity index (χ2v) is 8.05. The number of carbonyl (C=O) groups excluding carboxylic acids is 1. The summed E-state index contributed by atoms with van der Waals surface area (Å²) in [7, 11) is -2.41. The summed E-state index contributed by atoms with van der Waals surface area (Å²) in [5.74, 6) is 0.0402. The Kier molecular flexibility index (Phi) is 7.48. The zero-order valence-corrected chi connectivity index (χ0v) is 16.6. The zero-order valence-electron chi connectivity index (χ0n) is 15.8. The number of ether oxygens (including phenoxy) is 1. The second-order valence-electron chi connectivity index (χ2n) is 6.00. The van der Waals surface area contributed by atoms with E-state index >= 15 is 0 Å². The molecule has 1 N–H and O–H groups in total. The van der Waals surface area contributed by atoms with Gasteiger partial charge in [-0.1, -0.05) is 42.5 Å². The summed E-state index contributed by atoms with van der Waals surface area (Å²) in [5, 5.41) is 3.88. The number of hydrogen-bond donors (Lipinski definition) is 1. The van der Waals surface area contributed by atoms with Crippen molar-refractivity contribution in [2.75, 3.05) is 20.2 Å². The maximum Gasteiger partial charge on any atom is 0.255 e. The highest BCUT2D eigenvalue weighted by Crippen LogP contribution is 2.16. The number of aryl methyl sites for hydroxylation is 1. The summed E-state index contributed by atoms with van der Waals surface area (Å²) in [4.78, 5) is 12.2. The van der Waals surface area contributed by atoms with Crippen molar-refractivity contribution in [2.45, 2.75) is 11.8 Å². The Balaban J connectivity index is 1.97. The number of nitrogens with zero attached hydrogens (tertiary/aromatic N) is 2. The van der Waals surface area contributed by atoms with Gasteiger partial charge >= 0.3 is 0 Å². The van der Waals surface area contributed by atoms with E-state index in [-0.39, 0.29) is 11.4 Å². The molecule has 148 valence electrons. The van der Waals surface area contributed by atoms with Gasteiger partial charge in [0.25, 0.3) is 5.91 Å². The number of sulfonamides is 1. The molecule has 0 bridgehead atoms. The molecular weight excluding hydrogens is 378 g/mol. The average Bonchev–Trinajstić information content (AvgIpc) is 2.67. The summed E-state index contributed by atoms with van der Waals surface area (Å²) in [6, 6.07) is 13.6. The molecule has 7 nitrogen and oxygen atoms in total. The summed E-state index contributed by atoms with van der Waals surface area (Å²) in [6.07, 6.45) is 3.06. The standard InChI is InChI=1S/C20H23N3O4S/c1-4-13-27-19-8-6-5-7-17(19)14-21-22-20(24)15-23(3)28(25,26)18-11-9-16(2)10-12-18/h4-12,14H,1,13,15H2,2-3H3,(H,22,24)/b21-14-. The summed E-state index contributed by atoms with van der Waals surface area (Å²) in [5.41, 5.74) is 3.95. The van der Waals surface area contributed by atoms with Gasteiger partial charge in [0.1, 0.15) is 12.4 Å². The van der Waals surface area contributed by atoms with E-state index in [4.69, 9.17) is 4.74 Å². The maximum atomic E-state index is 12.5. The number of likely N-dealkylation sites (N-methyl/N-ethyl adjacent to an activating group) is 1. The topological polar surface area (TPSA) is 88.1 Å². The van der Waals surface area contributed by atoms with Gasteiger partial charge in [-0.05, 0) is 31.2 Å². The lowest BCUT2D eigenvalue weighted by Gasteiger charge is -2.16. The monoisotopic (exact) mass is 401 g/mol. The van der Waals surface area contributed by atoms with Crippen LogP contribution in [0.25, 0.3) is 0 Å². The van der Waals surface area contributed by atoms with E-state index in [1.54, 1.807) is 30.3 Å². The van der Waals surface area contributed by atoms with Crippen molar-refractivity contribution in [3.63, 3.8) is 0 Å². The fourth-order valence-electron chi connectivity index (χ4n) is 2.25. The van der Waals surface area contributed by atoms with Crippen LogP contribution in [-0.2, 0) is 14.8 Å². The van der Waals surface area contributed by atoms with E-state index in [1.807, 2.05) is 19.1 Å². The van der Waals surface area contributed by atoms with E-state index in [9.17, 15) is 13.2 Å². The highest BCUT2D eigenvalue weighted by molar-refractivity contribution is 7.89. The first-order valence-corrected chi connectivity index (χ1v) is 9.96. The fourth-order valence-corrected chi connectivity index (χ4v) is 3.38. The third-order valence-corrected chi connectivity index (χ3v) is 5.58. The van der Waals surface area contributed by atoms with Gasteiger partial charge in [-0.3, -0.25) is 4.79 Å². The molecule has 2 aromatic rings. The Morgan fingerprint density at radius 3 is 2.57 bits per heavy atom. The predicted octanol–water partition coefficient (Wildman–Crippen LogP) is 2.33. The number of benzene rings is 2. The molecule has 28 heavy (non-hydrogen) atoms. The smallest absolute Gasteiger partial charge is 0.255 e. The van der Waals surface area contributed by atoms with Crippen molar-refractivity contribution < 1.29 is 17.9 Å². The van der Waals surface area contributed by atoms with E-state index in [1.165, 1.54) is 25.4 Å². The van der Waals surface area contributed by atoms with Crippen molar-refractivity contribution in [1.29, 1.82) is 0 Å². The molecule has 0 aromatic heterocycles. The molecule has 0 heterocycles. The minimum atomic E-state index is -3.75. The molecule has 0 aliphatic heterocycles. The minimum Gasteiger partial charge on any atom is -0.489 e. The molecule has 0 radical (unpaired) electrons. The van der Waals surface area contributed by atoms with E-state index < -0.39 is 15.9 Å². The summed E-state index contributed by atoms with van der Waals surface area (Å²) in [6.45, 7) is 5.45. The lowest BCUT2D eigenvalue weighted by molar-refractivity contribution is -0.121. The van der Waals surface area contributed by atoms with E-state index in [0.717, 1.165) is 9.87 Å². The first-order valence-electron chi connectivity index (χ1n) is 8.52. The van der Waals surface area contributed by atoms with Crippen molar-refractivity contribution >= 4 is 22.1 Å². The lowest BCUT2D eigenvalue weighted by atomic mass is 10.2. The molecule has 0 fully saturated rings. The summed E-state index contributed by atoms with van der Waals surface area (Å²) >= 11 is 0. The van der Waals surface area contributed by atoms with Crippen LogP contribution in [0.4, 0.5) is 0 Å². The van der Waals surface area contributed by atoms with Gasteiger partial charge in [-0.25, -0.2) is 13.8 Å². The van der Waals surface area contributed by atoms with Gasteiger partial charge < -0.3 is 4.74 Å². The van der Waals surface area contributed by atoms with Crippen LogP contribution in [0.3, 0.4) is 0 Å². The van der Waals surface area contributed by atoms with Crippen LogP contribution in [0, 0.1) is 6.92 Å². The SMILES string of the molecule is C=CCOc1ccccc1/C=N\NC(=O)CN(C)S(=O)(=O)c1ccc(C)cc1. The second kappa shape index (κ2) is 9.82. The summed E-state index contributed by atoms with van der Waals surface area (Å²) < 4.78 is 31.5. The average molecular weight is 401 g/mol. The highest BCUT2D eigenvalue weighted by atomic mass is 32.2. The largest absolute Gasteiger partial charge is 0.489 e. The van der Waals surface area contributed by atoms with Crippen LogP contribution >= 0.6 is 0 Å². The Morgan fingerprint density at radius 1 is 1.21 bits per heavy atom. The van der Waals surface area contributed by atoms with Crippen LogP contribution in [0.2, 0.25) is 0 Å². The number of hydrogen-bond acceptors (Lipinski definition) is 5. The van der Waals surface area contributed by atoms with E-state index in [2.05, 4.69) is 17.1 Å². The Bertz CT molecular complexity index is 954. The molecule has 0 aliphatic carbocycles. The van der Waals surface area contributed by atoms with Crippen LogP contribution in [0.15, 0.2) is 71.2 Å². The van der Waals surface area contributed by atoms with Gasteiger partial charge in [0.15, 0.2) is 0 Å². The normalized spacial score (nSPS) is 11.5. The van der Waals surface area contributed by atoms with Crippen molar-refractivity contribution in [1.82, 2.24) is 9.73 Å². The quantitative estimate of drug-likeness (QED) is 0.397. The molecule has 0 aliphatic rings. The molecule has 1 amide bonds. The van der Waals surface area contributed by atoms with Crippen LogP contribution < -0.4 is 10.2 Å². The number of rotatable bonds is 9. The van der Waals surface area contributed by atoms with Gasteiger partial charge in [-0.2, -0.15) is 9.41 Å². The number of hydrazone groups is 1. The van der Waals surface area contributed by atoms with Gasteiger partial charge in [-0.15, -0.1) is 0 Å². The molecule has 8 heteroatoms. The minimum absolute atomic E-state index is 0.130. The third kappa shape index (κ3) is 5.77. The highest BCUT2D eigenvalue weighted by Gasteiger charge is 2.22. The van der Waals surface area contributed by atoms with Crippen molar-refractivity contribution in [3.8, 4) is 5.75 Å². The number of carbonyl (C=O) groups is 1. The molecule has 0 unspecified atom stereocenters. The molecule has 2 aromatic carbocycles. The number of nitrogens with one attached hydrogen (secondary N) is 1. The first-order chi connectivity index (χ1) is 13.3. The van der Waals surface area contributed by atoms with Crippen molar-refractivity contribution in [2.24, 2.45) is 5.10 Å². The van der Waals surface area contributed by atoms with E-state index in [0.29, 0.717) is 17.9 Å². The molecule has 0 atom stereocenters. The maximum absolute atomic E-state index is 12.5. The Morgan fingerprint density at radius 2 is 1.89 bits per heavy atom. The lowest BCUT2D eigenvalue weighted by Crippen LogP contribution is -2.36. The van der Waals surface area contributed by atoms with Gasteiger partial charge in [0.2, 0.25) is 10.0 Å². The van der Waals surface area contributed by atoms with Crippen LogP contribution in [0.5, 0.6) is 5.75 Å². The van der Waals surface area contributed by atoms with Crippen molar-refractivity contribution in [3.05, 3.63) is 72.3 Å². The Labute approximate surface area is 165 Å². The molecular formula is C20H23N3O4S. The Hall–Kier alpha value is -2.97. The van der Waals surface area contributed by atoms with Crippen LogP contribution in [0.1, 0.15) is 11.1 Å². The fraction of sp³-hybridized carbons (Fsp3) is 0.200. The van der Waals surface area contributed by atoms with Gasteiger partial charge in [0, 0.05) is 12.6 Å². The number of amides is 1. The van der Waals surface area contributed by atoms with Gasteiger partial charge in [0.05, 0.1) is 17.7 Å². The third-order valence-electron chi connectivity index (χ3n) is 3.76. The molecule has 2 rings (SSSR count). The first kappa shape index (κ1) is 21.3. The van der Waals surface area contributed by atoms with Crippen LogP contribution in [-0.4, -0.2) is 45.0 Å².